The fraction of sp³-hybridized carbons (Fsp3) is 0. The number of carbonyl (C=O) groups excluding carboxylic acids is 1. The van der Waals surface area contributed by atoms with Crippen LogP contribution in [-0.2, 0) is 0 Å². The quantitative estimate of drug-likeness (QED) is 0.675. The standard InChI is InChI=1S/C12H6BrNO2S/c13-8-1-2-9-7(5-8)6-10(16-9)11(15)12-14-3-4-17-12/h1-6H. The Kier molecular flexibility index (Phi) is 2.57. The minimum atomic E-state index is -0.174. The number of hydrogen-bond donors (Lipinski definition) is 0. The third-order valence-corrected chi connectivity index (χ3v) is 3.59. The zero-order valence-corrected chi connectivity index (χ0v) is 10.9. The van der Waals surface area contributed by atoms with E-state index in [-0.39, 0.29) is 5.78 Å². The van der Waals surface area contributed by atoms with Crippen LogP contribution in [0.15, 0.2) is 44.7 Å². The first-order valence-electron chi connectivity index (χ1n) is 4.87. The van der Waals surface area contributed by atoms with Gasteiger partial charge in [0.2, 0.25) is 0 Å². The van der Waals surface area contributed by atoms with Crippen LogP contribution in [0.4, 0.5) is 0 Å². The van der Waals surface area contributed by atoms with Crippen molar-refractivity contribution in [1.82, 2.24) is 4.98 Å². The summed E-state index contributed by atoms with van der Waals surface area (Å²) in [6.07, 6.45) is 1.61. The molecule has 0 aliphatic rings. The summed E-state index contributed by atoms with van der Waals surface area (Å²) < 4.78 is 6.46. The van der Waals surface area contributed by atoms with Crippen LogP contribution in [0.25, 0.3) is 11.0 Å². The predicted octanol–water partition coefficient (Wildman–Crippen LogP) is 3.88. The van der Waals surface area contributed by atoms with E-state index in [9.17, 15) is 4.79 Å². The van der Waals surface area contributed by atoms with Gasteiger partial charge in [-0.2, -0.15) is 0 Å². The van der Waals surface area contributed by atoms with Crippen LogP contribution in [0, 0.1) is 0 Å². The van der Waals surface area contributed by atoms with Gasteiger partial charge in [0.05, 0.1) is 0 Å². The molecule has 0 spiro atoms. The second-order valence-corrected chi connectivity index (χ2v) is 5.27. The molecule has 0 N–H and O–H groups in total. The first-order chi connectivity index (χ1) is 8.24. The normalized spacial score (nSPS) is 10.9. The number of halogens is 1. The number of thiazole rings is 1. The third kappa shape index (κ3) is 1.92. The fourth-order valence-electron chi connectivity index (χ4n) is 1.57. The Balaban J connectivity index is 2.09. The lowest BCUT2D eigenvalue weighted by molar-refractivity contribution is 0.101. The second-order valence-electron chi connectivity index (χ2n) is 3.46. The second kappa shape index (κ2) is 4.09. The molecule has 3 nitrogen and oxygen atoms in total. The van der Waals surface area contributed by atoms with Gasteiger partial charge in [0.1, 0.15) is 5.58 Å². The van der Waals surface area contributed by atoms with E-state index in [0.29, 0.717) is 16.4 Å². The molecule has 3 aromatic rings. The Morgan fingerprint density at radius 2 is 2.24 bits per heavy atom. The number of ketones is 1. The predicted molar refractivity (Wildman–Crippen MR) is 69.5 cm³/mol. The molecular weight excluding hydrogens is 302 g/mol. The van der Waals surface area contributed by atoms with Crippen molar-refractivity contribution in [2.45, 2.75) is 0 Å². The van der Waals surface area contributed by atoms with E-state index in [1.54, 1.807) is 17.6 Å². The molecule has 0 aliphatic heterocycles. The number of benzene rings is 1. The van der Waals surface area contributed by atoms with Crippen LogP contribution in [-0.4, -0.2) is 10.8 Å². The van der Waals surface area contributed by atoms with Crippen molar-refractivity contribution < 1.29 is 9.21 Å². The van der Waals surface area contributed by atoms with Gasteiger partial charge >= 0.3 is 0 Å². The summed E-state index contributed by atoms with van der Waals surface area (Å²) in [5.41, 5.74) is 0.702. The Bertz CT molecular complexity index is 688. The summed E-state index contributed by atoms with van der Waals surface area (Å²) in [7, 11) is 0. The Morgan fingerprint density at radius 3 is 3.00 bits per heavy atom. The molecule has 0 amide bonds. The third-order valence-electron chi connectivity index (χ3n) is 2.33. The van der Waals surface area contributed by atoms with Crippen molar-refractivity contribution in [1.29, 1.82) is 0 Å². The highest BCUT2D eigenvalue weighted by Crippen LogP contribution is 2.25. The molecule has 2 heterocycles. The number of rotatable bonds is 2. The van der Waals surface area contributed by atoms with Gasteiger partial charge in [0, 0.05) is 21.4 Å². The fourth-order valence-corrected chi connectivity index (χ4v) is 2.53. The molecule has 2 aromatic heterocycles. The monoisotopic (exact) mass is 307 g/mol. The van der Waals surface area contributed by atoms with E-state index in [0.717, 1.165) is 9.86 Å². The summed E-state index contributed by atoms with van der Waals surface area (Å²) in [6.45, 7) is 0. The van der Waals surface area contributed by atoms with E-state index in [1.165, 1.54) is 11.3 Å². The van der Waals surface area contributed by atoms with Crippen molar-refractivity contribution in [3.63, 3.8) is 0 Å². The van der Waals surface area contributed by atoms with E-state index < -0.39 is 0 Å². The molecule has 0 radical (unpaired) electrons. The molecule has 0 atom stereocenters. The van der Waals surface area contributed by atoms with Crippen LogP contribution in [0.5, 0.6) is 0 Å². The zero-order valence-electron chi connectivity index (χ0n) is 8.51. The highest BCUT2D eigenvalue weighted by atomic mass is 79.9. The number of nitrogens with zero attached hydrogens (tertiary/aromatic N) is 1. The van der Waals surface area contributed by atoms with Gasteiger partial charge < -0.3 is 4.42 Å². The lowest BCUT2D eigenvalue weighted by atomic mass is 10.2. The molecule has 0 aliphatic carbocycles. The molecule has 17 heavy (non-hydrogen) atoms. The van der Waals surface area contributed by atoms with Crippen LogP contribution < -0.4 is 0 Å². The maximum Gasteiger partial charge on any atom is 0.256 e. The first kappa shape index (κ1) is 10.7. The minimum absolute atomic E-state index is 0.174. The number of hydrogen-bond acceptors (Lipinski definition) is 4. The van der Waals surface area contributed by atoms with Crippen LogP contribution in [0.1, 0.15) is 15.6 Å². The van der Waals surface area contributed by atoms with Gasteiger partial charge in [-0.15, -0.1) is 11.3 Å². The molecule has 0 saturated carbocycles. The lowest BCUT2D eigenvalue weighted by Gasteiger charge is -1.89. The molecule has 0 saturated heterocycles. The first-order valence-corrected chi connectivity index (χ1v) is 6.54. The molecule has 5 heteroatoms. The Hall–Kier alpha value is -1.46. The van der Waals surface area contributed by atoms with E-state index >= 15 is 0 Å². The number of carbonyl (C=O) groups is 1. The van der Waals surface area contributed by atoms with E-state index in [2.05, 4.69) is 20.9 Å². The average molecular weight is 308 g/mol. The van der Waals surface area contributed by atoms with Crippen LogP contribution in [0.3, 0.4) is 0 Å². The summed E-state index contributed by atoms with van der Waals surface area (Å²) in [5.74, 6) is 0.153. The minimum Gasteiger partial charge on any atom is -0.452 e. The van der Waals surface area contributed by atoms with Crippen molar-refractivity contribution in [2.24, 2.45) is 0 Å². The maximum absolute atomic E-state index is 12.0. The highest BCUT2D eigenvalue weighted by molar-refractivity contribution is 9.10. The van der Waals surface area contributed by atoms with E-state index in [1.807, 2.05) is 18.2 Å². The zero-order chi connectivity index (χ0) is 11.8. The largest absolute Gasteiger partial charge is 0.452 e. The smallest absolute Gasteiger partial charge is 0.256 e. The molecule has 0 fully saturated rings. The SMILES string of the molecule is O=C(c1cc2cc(Br)ccc2o1)c1nccs1. The van der Waals surface area contributed by atoms with Crippen molar-refractivity contribution in [3.8, 4) is 0 Å². The van der Waals surface area contributed by atoms with Gasteiger partial charge in [-0.25, -0.2) is 4.98 Å². The summed E-state index contributed by atoms with van der Waals surface area (Å²) in [5, 5.41) is 3.12. The molecular formula is C12H6BrNO2S. The van der Waals surface area contributed by atoms with Gasteiger partial charge in [0.15, 0.2) is 10.8 Å². The summed E-state index contributed by atoms with van der Waals surface area (Å²) in [4.78, 5) is 16.0. The molecule has 0 bridgehead atoms. The lowest BCUT2D eigenvalue weighted by Crippen LogP contribution is -1.97. The summed E-state index contributed by atoms with van der Waals surface area (Å²) >= 11 is 4.69. The van der Waals surface area contributed by atoms with Gasteiger partial charge in [-0.05, 0) is 24.3 Å². The molecule has 3 rings (SSSR count). The number of furan rings is 1. The highest BCUT2D eigenvalue weighted by Gasteiger charge is 2.16. The van der Waals surface area contributed by atoms with E-state index in [4.69, 9.17) is 4.42 Å². The van der Waals surface area contributed by atoms with Gasteiger partial charge in [0.25, 0.3) is 5.78 Å². The van der Waals surface area contributed by atoms with Gasteiger partial charge in [-0.1, -0.05) is 15.9 Å². The number of fused-ring (bicyclic) bond motifs is 1. The van der Waals surface area contributed by atoms with Crippen molar-refractivity contribution in [2.75, 3.05) is 0 Å². The van der Waals surface area contributed by atoms with Gasteiger partial charge in [-0.3, -0.25) is 4.79 Å². The van der Waals surface area contributed by atoms with Crippen molar-refractivity contribution in [3.05, 3.63) is 51.1 Å². The molecule has 84 valence electrons. The molecule has 0 unspecified atom stereocenters. The Morgan fingerprint density at radius 1 is 1.35 bits per heavy atom. The number of aromatic nitrogens is 1. The summed E-state index contributed by atoms with van der Waals surface area (Å²) in [6, 6.07) is 7.36. The average Bonchev–Trinajstić information content (AvgIpc) is 2.96. The molecule has 1 aromatic carbocycles. The topological polar surface area (TPSA) is 43.1 Å². The Labute approximate surface area is 109 Å². The van der Waals surface area contributed by atoms with Crippen LogP contribution in [0.2, 0.25) is 0 Å². The maximum atomic E-state index is 12.0. The van der Waals surface area contributed by atoms with Crippen molar-refractivity contribution >= 4 is 44.0 Å². The van der Waals surface area contributed by atoms with Crippen LogP contribution >= 0.6 is 27.3 Å².